The van der Waals surface area contributed by atoms with Crippen molar-refractivity contribution in [1.82, 2.24) is 0 Å². The molecule has 3 rings (SSSR count). The molecule has 0 heterocycles. The van der Waals surface area contributed by atoms with Crippen LogP contribution in [0.1, 0.15) is 36.7 Å². The van der Waals surface area contributed by atoms with Gasteiger partial charge in [0.1, 0.15) is 11.4 Å². The van der Waals surface area contributed by atoms with Crippen molar-refractivity contribution in [3.63, 3.8) is 0 Å². The van der Waals surface area contributed by atoms with Gasteiger partial charge in [0, 0.05) is 11.3 Å². The minimum Gasteiger partial charge on any atom is -0.444 e. The maximum absolute atomic E-state index is 13.7. The van der Waals surface area contributed by atoms with Crippen LogP contribution in [0.4, 0.5) is 26.2 Å². The van der Waals surface area contributed by atoms with Crippen LogP contribution in [-0.2, 0) is 16.0 Å². The van der Waals surface area contributed by atoms with E-state index in [0.717, 1.165) is 11.6 Å². The Labute approximate surface area is 197 Å². The topological polar surface area (TPSA) is 96.5 Å². The number of carbonyl (C=O) groups excluding carboxylic acids is 3. The lowest BCUT2D eigenvalue weighted by Crippen LogP contribution is -2.27. The zero-order valence-corrected chi connectivity index (χ0v) is 19.1. The van der Waals surface area contributed by atoms with Crippen LogP contribution in [0, 0.1) is 5.82 Å². The van der Waals surface area contributed by atoms with Crippen molar-refractivity contribution in [3.05, 3.63) is 89.7 Å². The van der Waals surface area contributed by atoms with Gasteiger partial charge in [-0.25, -0.2) is 9.18 Å². The molecule has 3 N–H and O–H groups in total. The standard InChI is InChI=1S/C26H26FN3O4/c1-26(2,3)34-25(33)30-22-16-19(27)11-14-21(22)29-24(32)18-9-12-20(13-10-18)28-23(31)15-17-7-5-4-6-8-17/h4-14,16H,15H2,1-3H3,(H,28,31)(H,29,32)(H,30,33). The SMILES string of the molecule is CC(C)(C)OC(=O)Nc1cc(F)ccc1NC(=O)c1ccc(NC(=O)Cc2ccccc2)cc1. The fourth-order valence-electron chi connectivity index (χ4n) is 3.03. The van der Waals surface area contributed by atoms with Gasteiger partial charge in [-0.1, -0.05) is 30.3 Å². The van der Waals surface area contributed by atoms with Crippen LogP contribution in [0.25, 0.3) is 0 Å². The Morgan fingerprint density at radius 1 is 0.824 bits per heavy atom. The quantitative estimate of drug-likeness (QED) is 0.443. The van der Waals surface area contributed by atoms with Gasteiger partial charge in [-0.05, 0) is 68.8 Å². The number of rotatable bonds is 6. The number of nitrogens with one attached hydrogen (secondary N) is 3. The third kappa shape index (κ3) is 7.44. The molecule has 0 atom stereocenters. The van der Waals surface area contributed by atoms with E-state index >= 15 is 0 Å². The molecule has 34 heavy (non-hydrogen) atoms. The fraction of sp³-hybridized carbons (Fsp3) is 0.192. The summed E-state index contributed by atoms with van der Waals surface area (Å²) in [6.45, 7) is 5.11. The molecule has 0 radical (unpaired) electrons. The van der Waals surface area contributed by atoms with Crippen LogP contribution in [0.5, 0.6) is 0 Å². The second-order valence-corrected chi connectivity index (χ2v) is 8.56. The molecule has 0 aromatic heterocycles. The Bertz CT molecular complexity index is 1170. The Hall–Kier alpha value is -4.20. The van der Waals surface area contributed by atoms with E-state index in [2.05, 4.69) is 16.0 Å². The summed E-state index contributed by atoms with van der Waals surface area (Å²) in [4.78, 5) is 37.0. The second-order valence-electron chi connectivity index (χ2n) is 8.56. The van der Waals surface area contributed by atoms with Crippen molar-refractivity contribution in [1.29, 1.82) is 0 Å². The first-order valence-corrected chi connectivity index (χ1v) is 10.6. The first-order valence-electron chi connectivity index (χ1n) is 10.6. The van der Waals surface area contributed by atoms with E-state index in [1.54, 1.807) is 45.0 Å². The number of hydrogen-bond donors (Lipinski definition) is 3. The van der Waals surface area contributed by atoms with E-state index in [-0.39, 0.29) is 23.7 Å². The molecule has 0 saturated heterocycles. The highest BCUT2D eigenvalue weighted by Gasteiger charge is 2.18. The third-order valence-electron chi connectivity index (χ3n) is 4.50. The van der Waals surface area contributed by atoms with Gasteiger partial charge in [0.25, 0.3) is 5.91 Å². The summed E-state index contributed by atoms with van der Waals surface area (Å²) in [7, 11) is 0. The van der Waals surface area contributed by atoms with Crippen molar-refractivity contribution in [2.45, 2.75) is 32.8 Å². The van der Waals surface area contributed by atoms with Crippen LogP contribution in [0.15, 0.2) is 72.8 Å². The van der Waals surface area contributed by atoms with E-state index < -0.39 is 23.4 Å². The summed E-state index contributed by atoms with van der Waals surface area (Å²) in [6, 6.07) is 19.3. The number of anilines is 3. The number of carbonyl (C=O) groups is 3. The third-order valence-corrected chi connectivity index (χ3v) is 4.50. The number of halogens is 1. The predicted octanol–water partition coefficient (Wildman–Crippen LogP) is 5.61. The Balaban J connectivity index is 1.64. The van der Waals surface area contributed by atoms with E-state index in [9.17, 15) is 18.8 Å². The lowest BCUT2D eigenvalue weighted by molar-refractivity contribution is -0.115. The molecule has 176 valence electrons. The molecular weight excluding hydrogens is 437 g/mol. The van der Waals surface area contributed by atoms with E-state index in [0.29, 0.717) is 11.3 Å². The van der Waals surface area contributed by atoms with Gasteiger partial charge in [0.05, 0.1) is 17.8 Å². The highest BCUT2D eigenvalue weighted by atomic mass is 19.1. The van der Waals surface area contributed by atoms with Crippen molar-refractivity contribution in [3.8, 4) is 0 Å². The van der Waals surface area contributed by atoms with Crippen LogP contribution in [0.3, 0.4) is 0 Å². The summed E-state index contributed by atoms with van der Waals surface area (Å²) in [5.74, 6) is -1.23. The number of ether oxygens (including phenoxy) is 1. The first-order chi connectivity index (χ1) is 16.1. The van der Waals surface area contributed by atoms with Gasteiger partial charge in [-0.3, -0.25) is 14.9 Å². The van der Waals surface area contributed by atoms with E-state index in [4.69, 9.17) is 4.74 Å². The predicted molar refractivity (Wildman–Crippen MR) is 129 cm³/mol. The largest absolute Gasteiger partial charge is 0.444 e. The molecule has 3 aromatic rings. The monoisotopic (exact) mass is 463 g/mol. The average Bonchev–Trinajstić information content (AvgIpc) is 2.75. The average molecular weight is 464 g/mol. The van der Waals surface area contributed by atoms with Crippen LogP contribution >= 0.6 is 0 Å². The van der Waals surface area contributed by atoms with Gasteiger partial charge in [-0.15, -0.1) is 0 Å². The lowest BCUT2D eigenvalue weighted by atomic mass is 10.1. The molecular formula is C26H26FN3O4. The maximum atomic E-state index is 13.7. The van der Waals surface area contributed by atoms with Crippen LogP contribution in [0.2, 0.25) is 0 Å². The maximum Gasteiger partial charge on any atom is 0.412 e. The van der Waals surface area contributed by atoms with Gasteiger partial charge in [0.15, 0.2) is 0 Å². The van der Waals surface area contributed by atoms with Gasteiger partial charge < -0.3 is 15.4 Å². The lowest BCUT2D eigenvalue weighted by Gasteiger charge is -2.20. The number of amides is 3. The Kier molecular flexibility index (Phi) is 7.63. The minimum atomic E-state index is -0.774. The van der Waals surface area contributed by atoms with Crippen molar-refractivity contribution in [2.24, 2.45) is 0 Å². The van der Waals surface area contributed by atoms with Crippen molar-refractivity contribution >= 4 is 35.0 Å². The van der Waals surface area contributed by atoms with Crippen molar-refractivity contribution < 1.29 is 23.5 Å². The number of hydrogen-bond acceptors (Lipinski definition) is 4. The molecule has 8 heteroatoms. The molecule has 7 nitrogen and oxygen atoms in total. The molecule has 3 aromatic carbocycles. The second kappa shape index (κ2) is 10.6. The van der Waals surface area contributed by atoms with Gasteiger partial charge in [-0.2, -0.15) is 0 Å². The zero-order chi connectivity index (χ0) is 24.7. The van der Waals surface area contributed by atoms with E-state index in [1.807, 2.05) is 30.3 Å². The Morgan fingerprint density at radius 3 is 2.15 bits per heavy atom. The van der Waals surface area contributed by atoms with Crippen LogP contribution < -0.4 is 16.0 Å². The van der Waals surface area contributed by atoms with Gasteiger partial charge in [0.2, 0.25) is 5.91 Å². The molecule has 0 bridgehead atoms. The highest BCUT2D eigenvalue weighted by Crippen LogP contribution is 2.25. The molecule has 0 aliphatic rings. The first kappa shape index (κ1) is 24.4. The molecule has 0 unspecified atom stereocenters. The van der Waals surface area contributed by atoms with Crippen molar-refractivity contribution in [2.75, 3.05) is 16.0 Å². The fourth-order valence-corrected chi connectivity index (χ4v) is 3.03. The van der Waals surface area contributed by atoms with Gasteiger partial charge >= 0.3 is 6.09 Å². The smallest absolute Gasteiger partial charge is 0.412 e. The number of benzene rings is 3. The summed E-state index contributed by atoms with van der Waals surface area (Å²) in [5, 5.41) is 7.89. The summed E-state index contributed by atoms with van der Waals surface area (Å²) < 4.78 is 18.9. The highest BCUT2D eigenvalue weighted by molar-refractivity contribution is 6.07. The molecule has 0 saturated carbocycles. The molecule has 0 aliphatic heterocycles. The normalized spacial score (nSPS) is 10.8. The molecule has 0 spiro atoms. The van der Waals surface area contributed by atoms with E-state index in [1.165, 1.54) is 12.1 Å². The zero-order valence-electron chi connectivity index (χ0n) is 19.1. The summed E-state index contributed by atoms with van der Waals surface area (Å²) in [6.07, 6.45) is -0.537. The molecule has 3 amide bonds. The molecule has 0 fully saturated rings. The summed E-state index contributed by atoms with van der Waals surface area (Å²) >= 11 is 0. The Morgan fingerprint density at radius 2 is 1.50 bits per heavy atom. The molecule has 0 aliphatic carbocycles. The van der Waals surface area contributed by atoms with Crippen LogP contribution in [-0.4, -0.2) is 23.5 Å². The summed E-state index contributed by atoms with van der Waals surface area (Å²) in [5.41, 5.74) is 1.29. The minimum absolute atomic E-state index is 0.0624.